The van der Waals surface area contributed by atoms with E-state index >= 15 is 0 Å². The van der Waals surface area contributed by atoms with E-state index in [4.69, 9.17) is 5.53 Å². The lowest BCUT2D eigenvalue weighted by molar-refractivity contribution is -0.135. The Labute approximate surface area is 96.6 Å². The smallest absolute Gasteiger partial charge is 0.232 e. The number of imide groups is 1. The van der Waals surface area contributed by atoms with Crippen molar-refractivity contribution in [2.75, 3.05) is 19.6 Å². The molecule has 2 rings (SSSR count). The Kier molecular flexibility index (Phi) is 2.97. The van der Waals surface area contributed by atoms with E-state index in [-0.39, 0.29) is 36.7 Å². The first-order valence-corrected chi connectivity index (χ1v) is 5.27. The second kappa shape index (κ2) is 4.42. The molecule has 8 heteroatoms. The van der Waals surface area contributed by atoms with Crippen LogP contribution in [0.3, 0.4) is 0 Å². The van der Waals surface area contributed by atoms with Gasteiger partial charge in [0, 0.05) is 18.0 Å². The van der Waals surface area contributed by atoms with Gasteiger partial charge in [0.05, 0.1) is 11.8 Å². The number of likely N-dealkylation sites (tertiary alicyclic amines) is 1. The minimum Gasteiger partial charge on any atom is -0.342 e. The summed E-state index contributed by atoms with van der Waals surface area (Å²) in [5, 5.41) is 5.45. The topological polar surface area (TPSA) is 115 Å². The van der Waals surface area contributed by atoms with Crippen LogP contribution in [0.5, 0.6) is 0 Å². The summed E-state index contributed by atoms with van der Waals surface area (Å²) in [4.78, 5) is 38.4. The molecule has 0 radical (unpaired) electrons. The van der Waals surface area contributed by atoms with Crippen molar-refractivity contribution in [2.24, 2.45) is 17.0 Å². The minimum absolute atomic E-state index is 0.224. The normalized spacial score (nSPS) is 27.2. The van der Waals surface area contributed by atoms with Crippen LogP contribution < -0.4 is 5.32 Å². The van der Waals surface area contributed by atoms with Crippen molar-refractivity contribution in [1.82, 2.24) is 10.2 Å². The number of hydrogen-bond donors (Lipinski definition) is 1. The van der Waals surface area contributed by atoms with Crippen molar-refractivity contribution in [3.05, 3.63) is 10.4 Å². The van der Waals surface area contributed by atoms with Crippen LogP contribution in [-0.2, 0) is 14.4 Å². The lowest BCUT2D eigenvalue weighted by atomic mass is 9.88. The Hall–Kier alpha value is -2.08. The molecule has 2 aliphatic rings. The SMILES string of the molecule is [N-]=[N+]=NCC(=O)N1CC[C@@H]2C(=O)NC(=O)[C@H]2C1. The van der Waals surface area contributed by atoms with E-state index in [9.17, 15) is 14.4 Å². The highest BCUT2D eigenvalue weighted by Gasteiger charge is 2.45. The maximum atomic E-state index is 11.6. The van der Waals surface area contributed by atoms with Gasteiger partial charge in [-0.2, -0.15) is 0 Å². The summed E-state index contributed by atoms with van der Waals surface area (Å²) in [6.07, 6.45) is 0.476. The molecule has 0 bridgehead atoms. The van der Waals surface area contributed by atoms with E-state index in [1.807, 2.05) is 0 Å². The van der Waals surface area contributed by atoms with Gasteiger partial charge in [-0.1, -0.05) is 5.11 Å². The highest BCUT2D eigenvalue weighted by atomic mass is 16.2. The lowest BCUT2D eigenvalue weighted by Gasteiger charge is -2.32. The zero-order valence-electron chi connectivity index (χ0n) is 9.00. The number of nitrogens with zero attached hydrogens (tertiary/aromatic N) is 4. The minimum atomic E-state index is -0.453. The Balaban J connectivity index is 2.02. The predicted molar refractivity (Wildman–Crippen MR) is 55.3 cm³/mol. The molecule has 2 aliphatic heterocycles. The Morgan fingerprint density at radius 2 is 2.18 bits per heavy atom. The van der Waals surface area contributed by atoms with Crippen LogP contribution in [0.25, 0.3) is 10.4 Å². The fourth-order valence-corrected chi connectivity index (χ4v) is 2.26. The number of nitrogens with one attached hydrogen (secondary N) is 1. The van der Waals surface area contributed by atoms with Crippen LogP contribution in [-0.4, -0.2) is 42.3 Å². The van der Waals surface area contributed by atoms with Gasteiger partial charge in [0.25, 0.3) is 0 Å². The second-order valence-corrected chi connectivity index (χ2v) is 4.08. The number of hydrogen-bond acceptors (Lipinski definition) is 4. The summed E-state index contributed by atoms with van der Waals surface area (Å²) in [6, 6.07) is 0. The molecule has 0 aromatic heterocycles. The van der Waals surface area contributed by atoms with Crippen molar-refractivity contribution < 1.29 is 14.4 Å². The lowest BCUT2D eigenvalue weighted by Crippen LogP contribution is -2.45. The van der Waals surface area contributed by atoms with Crippen LogP contribution in [0.1, 0.15) is 6.42 Å². The molecule has 2 fully saturated rings. The number of azide groups is 1. The molecule has 90 valence electrons. The average Bonchev–Trinajstić information content (AvgIpc) is 2.61. The summed E-state index contributed by atoms with van der Waals surface area (Å²) in [5.41, 5.74) is 8.12. The maximum Gasteiger partial charge on any atom is 0.232 e. The molecule has 2 atom stereocenters. The van der Waals surface area contributed by atoms with E-state index in [0.717, 1.165) is 0 Å². The first-order valence-electron chi connectivity index (χ1n) is 5.27. The molecule has 3 amide bonds. The third-order valence-corrected chi connectivity index (χ3v) is 3.15. The molecule has 0 aromatic rings. The highest BCUT2D eigenvalue weighted by Crippen LogP contribution is 2.28. The monoisotopic (exact) mass is 237 g/mol. The molecule has 1 N–H and O–H groups in total. The van der Waals surface area contributed by atoms with Gasteiger partial charge in [-0.05, 0) is 12.0 Å². The van der Waals surface area contributed by atoms with Gasteiger partial charge in [-0.15, -0.1) is 0 Å². The summed E-state index contributed by atoms with van der Waals surface area (Å²) in [5.74, 6) is -1.64. The predicted octanol–water partition coefficient (Wildman–Crippen LogP) is -0.582. The molecular formula is C9H11N5O3. The fraction of sp³-hybridized carbons (Fsp3) is 0.667. The van der Waals surface area contributed by atoms with Gasteiger partial charge in [0.15, 0.2) is 0 Å². The van der Waals surface area contributed by atoms with Gasteiger partial charge < -0.3 is 4.90 Å². The molecule has 0 aromatic carbocycles. The van der Waals surface area contributed by atoms with Crippen LogP contribution >= 0.6 is 0 Å². The largest absolute Gasteiger partial charge is 0.342 e. The molecule has 2 saturated heterocycles. The second-order valence-electron chi connectivity index (χ2n) is 4.08. The van der Waals surface area contributed by atoms with Crippen molar-refractivity contribution in [1.29, 1.82) is 0 Å². The number of amides is 3. The van der Waals surface area contributed by atoms with E-state index in [1.165, 1.54) is 4.90 Å². The van der Waals surface area contributed by atoms with Gasteiger partial charge >= 0.3 is 0 Å². The number of fused-ring (bicyclic) bond motifs is 1. The Bertz CT molecular complexity index is 428. The third kappa shape index (κ3) is 2.07. The average molecular weight is 237 g/mol. The standard InChI is InChI=1S/C9H11N5O3/c10-13-11-3-7(15)14-2-1-5-6(4-14)9(17)12-8(5)16/h5-6H,1-4H2,(H,12,16,17)/t5-,6-/m0/s1. The quantitative estimate of drug-likeness (QED) is 0.299. The molecule has 0 unspecified atom stereocenters. The Morgan fingerprint density at radius 1 is 1.47 bits per heavy atom. The van der Waals surface area contributed by atoms with Crippen LogP contribution in [0.15, 0.2) is 5.11 Å². The number of carbonyl (C=O) groups is 3. The van der Waals surface area contributed by atoms with Gasteiger partial charge in [-0.25, -0.2) is 0 Å². The zero-order chi connectivity index (χ0) is 12.4. The van der Waals surface area contributed by atoms with Crippen molar-refractivity contribution >= 4 is 17.7 Å². The third-order valence-electron chi connectivity index (χ3n) is 3.15. The first-order chi connectivity index (χ1) is 8.13. The molecule has 2 heterocycles. The van der Waals surface area contributed by atoms with Crippen LogP contribution in [0.2, 0.25) is 0 Å². The number of piperidine rings is 1. The van der Waals surface area contributed by atoms with Gasteiger partial charge in [0.1, 0.15) is 6.54 Å². The highest BCUT2D eigenvalue weighted by molar-refractivity contribution is 6.05. The molecule has 0 saturated carbocycles. The maximum absolute atomic E-state index is 11.6. The van der Waals surface area contributed by atoms with Crippen molar-refractivity contribution in [3.63, 3.8) is 0 Å². The van der Waals surface area contributed by atoms with Crippen molar-refractivity contribution in [3.8, 4) is 0 Å². The molecular weight excluding hydrogens is 226 g/mol. The summed E-state index contributed by atoms with van der Waals surface area (Å²) in [7, 11) is 0. The zero-order valence-corrected chi connectivity index (χ0v) is 9.00. The van der Waals surface area contributed by atoms with Gasteiger partial charge in [0.2, 0.25) is 17.7 Å². The van der Waals surface area contributed by atoms with Crippen LogP contribution in [0, 0.1) is 11.8 Å². The van der Waals surface area contributed by atoms with E-state index in [2.05, 4.69) is 15.3 Å². The summed E-state index contributed by atoms with van der Waals surface area (Å²) in [6.45, 7) is 0.396. The molecule has 0 aliphatic carbocycles. The summed E-state index contributed by atoms with van der Waals surface area (Å²) < 4.78 is 0. The summed E-state index contributed by atoms with van der Waals surface area (Å²) >= 11 is 0. The number of rotatable bonds is 2. The van der Waals surface area contributed by atoms with Crippen molar-refractivity contribution in [2.45, 2.75) is 6.42 Å². The molecule has 8 nitrogen and oxygen atoms in total. The van der Waals surface area contributed by atoms with Crippen LogP contribution in [0.4, 0.5) is 0 Å². The molecule has 0 spiro atoms. The fourth-order valence-electron chi connectivity index (χ4n) is 2.26. The van der Waals surface area contributed by atoms with E-state index in [0.29, 0.717) is 13.0 Å². The first kappa shape index (κ1) is 11.4. The van der Waals surface area contributed by atoms with E-state index in [1.54, 1.807) is 0 Å². The molecule has 17 heavy (non-hydrogen) atoms. The Morgan fingerprint density at radius 3 is 2.88 bits per heavy atom. The van der Waals surface area contributed by atoms with E-state index < -0.39 is 5.92 Å². The number of carbonyl (C=O) groups excluding carboxylic acids is 3. The van der Waals surface area contributed by atoms with Gasteiger partial charge in [-0.3, -0.25) is 19.7 Å².